The lowest BCUT2D eigenvalue weighted by atomic mass is 10.1. The van der Waals surface area contributed by atoms with Gasteiger partial charge in [0.15, 0.2) is 6.61 Å². The maximum absolute atomic E-state index is 12.3. The minimum absolute atomic E-state index is 0.0439. The number of amides is 1. The van der Waals surface area contributed by atoms with Crippen LogP contribution in [0.4, 0.5) is 0 Å². The molecule has 0 radical (unpaired) electrons. The number of aromatic nitrogens is 5. The normalized spacial score (nSPS) is 14.0. The van der Waals surface area contributed by atoms with E-state index in [1.165, 1.54) is 0 Å². The lowest BCUT2D eigenvalue weighted by Crippen LogP contribution is -2.42. The molecule has 0 aromatic carbocycles. The first-order valence-electron chi connectivity index (χ1n) is 10.4. The van der Waals surface area contributed by atoms with Gasteiger partial charge in [-0.1, -0.05) is 6.07 Å². The van der Waals surface area contributed by atoms with Gasteiger partial charge in [-0.05, 0) is 31.2 Å². The maximum atomic E-state index is 12.3. The molecule has 9 heteroatoms. The van der Waals surface area contributed by atoms with Crippen molar-refractivity contribution >= 4 is 16.9 Å². The molecule has 0 saturated carbocycles. The van der Waals surface area contributed by atoms with Gasteiger partial charge in [0, 0.05) is 36.6 Å². The van der Waals surface area contributed by atoms with E-state index in [0.29, 0.717) is 37.6 Å². The Bertz CT molecular complexity index is 1270. The maximum Gasteiger partial charge on any atom is 0.260 e. The number of ether oxygens (including phenoxy) is 2. The van der Waals surface area contributed by atoms with Gasteiger partial charge in [0.25, 0.3) is 5.91 Å². The van der Waals surface area contributed by atoms with Crippen LogP contribution in [0, 0.1) is 6.92 Å². The third-order valence-electron chi connectivity index (χ3n) is 5.29. The Kier molecular flexibility index (Phi) is 5.47. The van der Waals surface area contributed by atoms with Crippen LogP contribution < -0.4 is 4.74 Å². The van der Waals surface area contributed by atoms with Crippen LogP contribution in [0.15, 0.2) is 48.8 Å². The number of H-pyrrole nitrogens is 1. The average Bonchev–Trinajstić information content (AvgIpc) is 3.33. The summed E-state index contributed by atoms with van der Waals surface area (Å²) in [5, 5.41) is 7.29. The van der Waals surface area contributed by atoms with Gasteiger partial charge < -0.3 is 14.4 Å². The number of carbonyl (C=O) groups is 1. The van der Waals surface area contributed by atoms with Crippen molar-refractivity contribution in [3.8, 4) is 28.4 Å². The standard InChI is InChI=1S/C23H22N6O3/c1-15-3-2-4-20(26-15)23-17(13-25-28-23)18-5-6-19-21(27-18)11-16(12-24-19)32-14-22(30)29-7-9-31-10-8-29/h2-6,11-13H,7-10,14H2,1H3,(H,25,28). The summed E-state index contributed by atoms with van der Waals surface area (Å²) in [7, 11) is 0. The van der Waals surface area contributed by atoms with Crippen molar-refractivity contribution in [2.45, 2.75) is 6.92 Å². The second kappa shape index (κ2) is 8.72. The summed E-state index contributed by atoms with van der Waals surface area (Å²) in [5.41, 5.74) is 5.42. The van der Waals surface area contributed by atoms with Crippen LogP contribution >= 0.6 is 0 Å². The molecule has 1 fully saturated rings. The summed E-state index contributed by atoms with van der Waals surface area (Å²) in [6.07, 6.45) is 3.42. The van der Waals surface area contributed by atoms with E-state index in [-0.39, 0.29) is 12.5 Å². The van der Waals surface area contributed by atoms with Gasteiger partial charge in [-0.15, -0.1) is 0 Å². The number of fused-ring (bicyclic) bond motifs is 1. The molecule has 0 bridgehead atoms. The molecule has 1 saturated heterocycles. The summed E-state index contributed by atoms with van der Waals surface area (Å²) in [5.74, 6) is 0.431. The van der Waals surface area contributed by atoms with Gasteiger partial charge in [0.1, 0.15) is 11.4 Å². The van der Waals surface area contributed by atoms with E-state index in [2.05, 4.69) is 20.2 Å². The van der Waals surface area contributed by atoms with Crippen molar-refractivity contribution in [2.24, 2.45) is 0 Å². The molecular weight excluding hydrogens is 408 g/mol. The Morgan fingerprint density at radius 2 is 2.00 bits per heavy atom. The molecule has 5 rings (SSSR count). The number of rotatable bonds is 5. The second-order valence-corrected chi connectivity index (χ2v) is 7.50. The third-order valence-corrected chi connectivity index (χ3v) is 5.29. The summed E-state index contributed by atoms with van der Waals surface area (Å²) in [6, 6.07) is 11.4. The molecule has 9 nitrogen and oxygen atoms in total. The zero-order valence-electron chi connectivity index (χ0n) is 17.6. The highest BCUT2D eigenvalue weighted by molar-refractivity contribution is 5.83. The van der Waals surface area contributed by atoms with E-state index in [1.807, 2.05) is 43.5 Å². The zero-order valence-corrected chi connectivity index (χ0v) is 17.6. The van der Waals surface area contributed by atoms with Crippen molar-refractivity contribution in [3.63, 3.8) is 0 Å². The van der Waals surface area contributed by atoms with Crippen molar-refractivity contribution in [1.29, 1.82) is 0 Å². The van der Waals surface area contributed by atoms with Gasteiger partial charge in [-0.3, -0.25) is 19.9 Å². The minimum Gasteiger partial charge on any atom is -0.482 e. The number of hydrogen-bond donors (Lipinski definition) is 1. The summed E-state index contributed by atoms with van der Waals surface area (Å²) in [4.78, 5) is 27.8. The first-order valence-corrected chi connectivity index (χ1v) is 10.4. The predicted molar refractivity (Wildman–Crippen MR) is 118 cm³/mol. The number of carbonyl (C=O) groups excluding carboxylic acids is 1. The average molecular weight is 430 g/mol. The number of aryl methyl sites for hydroxylation is 1. The second-order valence-electron chi connectivity index (χ2n) is 7.50. The van der Waals surface area contributed by atoms with Crippen molar-refractivity contribution < 1.29 is 14.3 Å². The fraction of sp³-hybridized carbons (Fsp3) is 0.261. The molecular formula is C23H22N6O3. The van der Waals surface area contributed by atoms with E-state index in [9.17, 15) is 4.79 Å². The van der Waals surface area contributed by atoms with E-state index < -0.39 is 0 Å². The highest BCUT2D eigenvalue weighted by atomic mass is 16.5. The first-order chi connectivity index (χ1) is 15.7. The zero-order chi connectivity index (χ0) is 21.9. The van der Waals surface area contributed by atoms with Crippen LogP contribution in [0.1, 0.15) is 5.69 Å². The van der Waals surface area contributed by atoms with E-state index in [1.54, 1.807) is 17.2 Å². The van der Waals surface area contributed by atoms with Crippen LogP contribution in [-0.2, 0) is 9.53 Å². The molecule has 1 amide bonds. The van der Waals surface area contributed by atoms with E-state index in [4.69, 9.17) is 14.5 Å². The minimum atomic E-state index is -0.0659. The molecule has 0 atom stereocenters. The van der Waals surface area contributed by atoms with Crippen LogP contribution in [0.25, 0.3) is 33.7 Å². The molecule has 1 N–H and O–H groups in total. The molecule has 1 aliphatic heterocycles. The summed E-state index contributed by atoms with van der Waals surface area (Å²) in [6.45, 7) is 4.20. The van der Waals surface area contributed by atoms with Gasteiger partial charge >= 0.3 is 0 Å². The van der Waals surface area contributed by atoms with Crippen LogP contribution in [0.3, 0.4) is 0 Å². The third kappa shape index (κ3) is 4.15. The first kappa shape index (κ1) is 20.1. The Balaban J connectivity index is 1.39. The van der Waals surface area contributed by atoms with Gasteiger partial charge in [0.05, 0.1) is 41.8 Å². The molecule has 0 unspecified atom stereocenters. The van der Waals surface area contributed by atoms with E-state index in [0.717, 1.165) is 33.9 Å². The Hall–Kier alpha value is -3.85. The SMILES string of the molecule is Cc1cccc(-c2n[nH]cc2-c2ccc3ncc(OCC(=O)N4CCOCC4)cc3n2)n1. The number of aromatic amines is 1. The van der Waals surface area contributed by atoms with Crippen LogP contribution in [-0.4, -0.2) is 68.9 Å². The van der Waals surface area contributed by atoms with Gasteiger partial charge in [-0.2, -0.15) is 5.10 Å². The topological polar surface area (TPSA) is 106 Å². The van der Waals surface area contributed by atoms with Crippen molar-refractivity contribution in [3.05, 3.63) is 54.5 Å². The number of morpholine rings is 1. The van der Waals surface area contributed by atoms with E-state index >= 15 is 0 Å². The fourth-order valence-corrected chi connectivity index (χ4v) is 3.62. The van der Waals surface area contributed by atoms with Crippen LogP contribution in [0.5, 0.6) is 5.75 Å². The molecule has 1 aliphatic rings. The Morgan fingerprint density at radius 1 is 1.12 bits per heavy atom. The van der Waals surface area contributed by atoms with Gasteiger partial charge in [-0.25, -0.2) is 4.98 Å². The molecule has 0 spiro atoms. The largest absolute Gasteiger partial charge is 0.482 e. The summed E-state index contributed by atoms with van der Waals surface area (Å²) >= 11 is 0. The number of nitrogens with one attached hydrogen (secondary N) is 1. The lowest BCUT2D eigenvalue weighted by molar-refractivity contribution is -0.137. The Labute approximate surface area is 184 Å². The smallest absolute Gasteiger partial charge is 0.260 e. The highest BCUT2D eigenvalue weighted by Crippen LogP contribution is 2.29. The molecule has 4 aromatic rings. The number of hydrogen-bond acceptors (Lipinski definition) is 7. The lowest BCUT2D eigenvalue weighted by Gasteiger charge is -2.26. The predicted octanol–water partition coefficient (Wildman–Crippen LogP) is 2.63. The summed E-state index contributed by atoms with van der Waals surface area (Å²) < 4.78 is 11.0. The van der Waals surface area contributed by atoms with Crippen molar-refractivity contribution in [1.82, 2.24) is 30.0 Å². The molecule has 5 heterocycles. The molecule has 0 aliphatic carbocycles. The number of pyridine rings is 3. The molecule has 32 heavy (non-hydrogen) atoms. The van der Waals surface area contributed by atoms with Crippen molar-refractivity contribution in [2.75, 3.05) is 32.9 Å². The quantitative estimate of drug-likeness (QED) is 0.519. The van der Waals surface area contributed by atoms with Crippen LogP contribution in [0.2, 0.25) is 0 Å². The van der Waals surface area contributed by atoms with Gasteiger partial charge in [0.2, 0.25) is 0 Å². The monoisotopic (exact) mass is 430 g/mol. The Morgan fingerprint density at radius 3 is 2.84 bits per heavy atom. The molecule has 162 valence electrons. The fourth-order valence-electron chi connectivity index (χ4n) is 3.62. The number of nitrogens with zero attached hydrogens (tertiary/aromatic N) is 5. The highest BCUT2D eigenvalue weighted by Gasteiger charge is 2.18. The molecule has 4 aromatic heterocycles.